The van der Waals surface area contributed by atoms with E-state index in [1.165, 1.54) is 12.1 Å². The summed E-state index contributed by atoms with van der Waals surface area (Å²) in [5.74, 6) is -1.79. The zero-order valence-corrected chi connectivity index (χ0v) is 6.89. The van der Waals surface area contributed by atoms with Crippen LogP contribution in [-0.4, -0.2) is 19.2 Å². The van der Waals surface area contributed by atoms with Crippen molar-refractivity contribution in [1.29, 1.82) is 0 Å². The Morgan fingerprint density at radius 3 is 2.69 bits per heavy atom. The molecule has 0 unspecified atom stereocenters. The molecule has 0 amide bonds. The molecule has 0 bridgehead atoms. The van der Waals surface area contributed by atoms with E-state index in [9.17, 15) is 8.78 Å². The van der Waals surface area contributed by atoms with Gasteiger partial charge < -0.3 is 10.1 Å². The highest BCUT2D eigenvalue weighted by molar-refractivity contribution is 5.25. The van der Waals surface area contributed by atoms with Crippen LogP contribution in [0.25, 0.3) is 0 Å². The summed E-state index contributed by atoms with van der Waals surface area (Å²) in [6.07, 6.45) is -0.0312. The van der Waals surface area contributed by atoms with Crippen molar-refractivity contribution in [3.63, 3.8) is 0 Å². The van der Waals surface area contributed by atoms with Crippen LogP contribution in [-0.2, 0) is 0 Å². The first-order valence-corrected chi connectivity index (χ1v) is 4.09. The normalized spacial score (nSPS) is 16.8. The van der Waals surface area contributed by atoms with Gasteiger partial charge in [0, 0.05) is 13.1 Å². The topological polar surface area (TPSA) is 21.3 Å². The van der Waals surface area contributed by atoms with Crippen molar-refractivity contribution >= 4 is 0 Å². The predicted octanol–water partition coefficient (Wildman–Crippen LogP) is 1.32. The van der Waals surface area contributed by atoms with E-state index in [4.69, 9.17) is 4.74 Å². The van der Waals surface area contributed by atoms with Crippen LogP contribution in [0, 0.1) is 11.6 Å². The molecule has 1 N–H and O–H groups in total. The summed E-state index contributed by atoms with van der Waals surface area (Å²) >= 11 is 0. The maximum absolute atomic E-state index is 13.0. The average molecular weight is 185 g/mol. The van der Waals surface area contributed by atoms with Crippen molar-refractivity contribution in [2.75, 3.05) is 13.1 Å². The first-order chi connectivity index (χ1) is 6.27. The fourth-order valence-electron chi connectivity index (χ4n) is 1.10. The van der Waals surface area contributed by atoms with Gasteiger partial charge in [-0.15, -0.1) is 0 Å². The first kappa shape index (κ1) is 8.44. The first-order valence-electron chi connectivity index (χ1n) is 4.09. The molecule has 1 aliphatic rings. The highest BCUT2D eigenvalue weighted by Gasteiger charge is 2.20. The van der Waals surface area contributed by atoms with Crippen molar-refractivity contribution in [3.8, 4) is 5.75 Å². The molecule has 4 heteroatoms. The molecule has 1 fully saturated rings. The number of nitrogens with one attached hydrogen (secondary N) is 1. The van der Waals surface area contributed by atoms with Gasteiger partial charge in [-0.05, 0) is 12.1 Å². The third kappa shape index (κ3) is 1.62. The van der Waals surface area contributed by atoms with E-state index < -0.39 is 11.6 Å². The van der Waals surface area contributed by atoms with E-state index in [-0.39, 0.29) is 11.9 Å². The number of halogens is 2. The third-order valence-corrected chi connectivity index (χ3v) is 1.95. The number of hydrogen-bond acceptors (Lipinski definition) is 2. The van der Waals surface area contributed by atoms with E-state index in [1.807, 2.05) is 0 Å². The fraction of sp³-hybridized carbons (Fsp3) is 0.333. The van der Waals surface area contributed by atoms with E-state index in [0.717, 1.165) is 6.07 Å². The molecule has 70 valence electrons. The van der Waals surface area contributed by atoms with Crippen LogP contribution in [0.1, 0.15) is 0 Å². The second kappa shape index (κ2) is 3.30. The Bertz CT molecular complexity index is 312. The third-order valence-electron chi connectivity index (χ3n) is 1.95. The molecule has 0 saturated carbocycles. The Hall–Kier alpha value is -1.16. The van der Waals surface area contributed by atoms with Gasteiger partial charge in [0.1, 0.15) is 6.10 Å². The largest absolute Gasteiger partial charge is 0.485 e. The Morgan fingerprint density at radius 1 is 1.31 bits per heavy atom. The highest BCUT2D eigenvalue weighted by Crippen LogP contribution is 2.20. The lowest BCUT2D eigenvalue weighted by atomic mass is 10.2. The van der Waals surface area contributed by atoms with Crippen molar-refractivity contribution in [2.24, 2.45) is 0 Å². The molecule has 0 radical (unpaired) electrons. The molecule has 2 rings (SSSR count). The Kier molecular flexibility index (Phi) is 2.14. The Balaban J connectivity index is 2.14. The molecule has 1 aliphatic heterocycles. The van der Waals surface area contributed by atoms with Gasteiger partial charge in [0.05, 0.1) is 0 Å². The SMILES string of the molecule is Fc1cccc(OC2CNC2)c1F. The number of ether oxygens (including phenoxy) is 1. The van der Waals surface area contributed by atoms with Crippen LogP contribution in [0.3, 0.4) is 0 Å². The van der Waals surface area contributed by atoms with Crippen LogP contribution in [0.4, 0.5) is 8.78 Å². The smallest absolute Gasteiger partial charge is 0.200 e. The molecule has 0 aliphatic carbocycles. The summed E-state index contributed by atoms with van der Waals surface area (Å²) in [5.41, 5.74) is 0. The van der Waals surface area contributed by atoms with Gasteiger partial charge in [0.25, 0.3) is 0 Å². The molecule has 1 saturated heterocycles. The molecule has 1 aromatic rings. The maximum Gasteiger partial charge on any atom is 0.200 e. The fourth-order valence-corrected chi connectivity index (χ4v) is 1.10. The number of benzene rings is 1. The molecule has 13 heavy (non-hydrogen) atoms. The summed E-state index contributed by atoms with van der Waals surface area (Å²) in [6, 6.07) is 3.93. The van der Waals surface area contributed by atoms with E-state index >= 15 is 0 Å². The summed E-state index contributed by atoms with van der Waals surface area (Å²) < 4.78 is 30.9. The standard InChI is InChI=1S/C9H9F2NO/c10-7-2-1-3-8(9(7)11)13-6-4-12-5-6/h1-3,6,12H,4-5H2. The van der Waals surface area contributed by atoms with E-state index in [1.54, 1.807) is 0 Å². The van der Waals surface area contributed by atoms with Gasteiger partial charge in [-0.3, -0.25) is 0 Å². The zero-order chi connectivity index (χ0) is 9.26. The van der Waals surface area contributed by atoms with Gasteiger partial charge in [0.2, 0.25) is 5.82 Å². The van der Waals surface area contributed by atoms with Crippen LogP contribution in [0.2, 0.25) is 0 Å². The summed E-state index contributed by atoms with van der Waals surface area (Å²) in [7, 11) is 0. The Labute approximate surface area is 74.5 Å². The monoisotopic (exact) mass is 185 g/mol. The molecular weight excluding hydrogens is 176 g/mol. The van der Waals surface area contributed by atoms with Crippen molar-refractivity contribution in [1.82, 2.24) is 5.32 Å². The van der Waals surface area contributed by atoms with E-state index in [2.05, 4.69) is 5.32 Å². The highest BCUT2D eigenvalue weighted by atomic mass is 19.2. The van der Waals surface area contributed by atoms with E-state index in [0.29, 0.717) is 13.1 Å². The molecule has 0 aromatic heterocycles. The lowest BCUT2D eigenvalue weighted by molar-refractivity contribution is 0.135. The molecule has 1 heterocycles. The zero-order valence-electron chi connectivity index (χ0n) is 6.89. The minimum atomic E-state index is -0.908. The van der Waals surface area contributed by atoms with Crippen LogP contribution in [0.5, 0.6) is 5.75 Å². The summed E-state index contributed by atoms with van der Waals surface area (Å²) in [6.45, 7) is 1.38. The second-order valence-electron chi connectivity index (χ2n) is 2.95. The maximum atomic E-state index is 13.0. The summed E-state index contributed by atoms with van der Waals surface area (Å²) in [5, 5.41) is 2.97. The number of rotatable bonds is 2. The average Bonchev–Trinajstić information content (AvgIpc) is 2.04. The molecule has 1 aromatic carbocycles. The van der Waals surface area contributed by atoms with Crippen molar-refractivity contribution < 1.29 is 13.5 Å². The molecule has 0 spiro atoms. The van der Waals surface area contributed by atoms with Crippen LogP contribution in [0.15, 0.2) is 18.2 Å². The van der Waals surface area contributed by atoms with Crippen LogP contribution >= 0.6 is 0 Å². The molecular formula is C9H9F2NO. The van der Waals surface area contributed by atoms with Crippen LogP contribution < -0.4 is 10.1 Å². The van der Waals surface area contributed by atoms with Crippen molar-refractivity contribution in [3.05, 3.63) is 29.8 Å². The molecule has 0 atom stereocenters. The second-order valence-corrected chi connectivity index (χ2v) is 2.95. The lowest BCUT2D eigenvalue weighted by Crippen LogP contribution is -2.50. The van der Waals surface area contributed by atoms with Gasteiger partial charge in [-0.25, -0.2) is 4.39 Å². The quantitative estimate of drug-likeness (QED) is 0.750. The van der Waals surface area contributed by atoms with Gasteiger partial charge >= 0.3 is 0 Å². The van der Waals surface area contributed by atoms with Crippen molar-refractivity contribution in [2.45, 2.75) is 6.10 Å². The predicted molar refractivity (Wildman–Crippen MR) is 43.6 cm³/mol. The minimum absolute atomic E-state index is 0.00787. The lowest BCUT2D eigenvalue weighted by Gasteiger charge is -2.27. The minimum Gasteiger partial charge on any atom is -0.485 e. The Morgan fingerprint density at radius 2 is 2.08 bits per heavy atom. The van der Waals surface area contributed by atoms with Gasteiger partial charge in [-0.2, -0.15) is 4.39 Å². The number of hydrogen-bond donors (Lipinski definition) is 1. The van der Waals surface area contributed by atoms with Gasteiger partial charge in [-0.1, -0.05) is 6.07 Å². The van der Waals surface area contributed by atoms with Gasteiger partial charge in [0.15, 0.2) is 11.6 Å². The molecule has 2 nitrogen and oxygen atoms in total. The summed E-state index contributed by atoms with van der Waals surface area (Å²) in [4.78, 5) is 0.